The average molecular weight is 1260 g/mol. The van der Waals surface area contributed by atoms with Gasteiger partial charge >= 0.3 is 0 Å². The van der Waals surface area contributed by atoms with Gasteiger partial charge in [-0.05, 0) is 224 Å². The molecule has 0 spiro atoms. The van der Waals surface area contributed by atoms with Gasteiger partial charge in [-0.1, -0.05) is 243 Å². The SMILES string of the molecule is CC(C)(C)c1cc(-c2ccccc2)c(N2c3ccc(C4C5=C(CCCC5)c5ccc(Cl)cc54)cc3B3c4ccc(-n5c6c(c7ccccc75)CCCC6)cc4N(c4c(-c5ccccc5)cc(C(C)(C)C)cc4-c4ccccc4)c4cc(C(C)(C)C)cc2c43)c(-c2ccccc2)c1. The van der Waals surface area contributed by atoms with Gasteiger partial charge < -0.3 is 14.4 Å². The van der Waals surface area contributed by atoms with Crippen molar-refractivity contribution in [1.82, 2.24) is 4.57 Å². The first-order valence-electron chi connectivity index (χ1n) is 35.2. The summed E-state index contributed by atoms with van der Waals surface area (Å²) in [4.78, 5) is 5.53. The molecule has 5 heteroatoms. The van der Waals surface area contributed by atoms with E-state index in [9.17, 15) is 0 Å². The largest absolute Gasteiger partial charge is 0.313 e. The third kappa shape index (κ3) is 9.90. The molecule has 96 heavy (non-hydrogen) atoms. The van der Waals surface area contributed by atoms with Gasteiger partial charge in [0.15, 0.2) is 0 Å². The molecular formula is C91H83BClN3. The lowest BCUT2D eigenvalue weighted by atomic mass is 9.33. The smallest absolute Gasteiger partial charge is 0.252 e. The lowest BCUT2D eigenvalue weighted by Gasteiger charge is -2.47. The lowest BCUT2D eigenvalue weighted by Crippen LogP contribution is -2.61. The quantitative estimate of drug-likeness (QED) is 0.141. The number of aryl methyl sites for hydroxylation is 1. The lowest BCUT2D eigenvalue weighted by molar-refractivity contribution is 0.590. The monoisotopic (exact) mass is 1260 g/mol. The number of nitrogens with zero attached hydrogens (tertiary/aromatic N) is 3. The third-order valence-electron chi connectivity index (χ3n) is 22.0. The third-order valence-corrected chi connectivity index (χ3v) is 22.2. The van der Waals surface area contributed by atoms with E-state index in [0.717, 1.165) is 30.7 Å². The van der Waals surface area contributed by atoms with Gasteiger partial charge in [0.05, 0.1) is 16.9 Å². The molecule has 0 radical (unpaired) electrons. The van der Waals surface area contributed by atoms with E-state index >= 15 is 0 Å². The molecular weight excluding hydrogens is 1180 g/mol. The maximum absolute atomic E-state index is 7.16. The Kier molecular flexibility index (Phi) is 14.4. The summed E-state index contributed by atoms with van der Waals surface area (Å²) in [7, 11) is 0. The number of allylic oxidation sites excluding steroid dienone is 2. The first kappa shape index (κ1) is 60.3. The zero-order chi connectivity index (χ0) is 65.5. The van der Waals surface area contributed by atoms with Gasteiger partial charge in [0.2, 0.25) is 0 Å². The highest BCUT2D eigenvalue weighted by Crippen LogP contribution is 2.57. The number of rotatable bonds is 8. The van der Waals surface area contributed by atoms with Gasteiger partial charge in [-0.2, -0.15) is 0 Å². The van der Waals surface area contributed by atoms with Crippen molar-refractivity contribution in [2.45, 2.75) is 136 Å². The van der Waals surface area contributed by atoms with E-state index in [2.05, 4.69) is 313 Å². The summed E-state index contributed by atoms with van der Waals surface area (Å²) >= 11 is 7.16. The van der Waals surface area contributed by atoms with Crippen LogP contribution in [0.3, 0.4) is 0 Å². The van der Waals surface area contributed by atoms with Crippen LogP contribution in [0.2, 0.25) is 5.02 Å². The Morgan fingerprint density at radius 1 is 0.396 bits per heavy atom. The topological polar surface area (TPSA) is 11.4 Å². The maximum atomic E-state index is 7.16. The Labute approximate surface area is 573 Å². The molecule has 1 unspecified atom stereocenters. The second-order valence-corrected chi connectivity index (χ2v) is 31.4. The number of hydrogen-bond donors (Lipinski definition) is 0. The van der Waals surface area contributed by atoms with Crippen LogP contribution in [0.15, 0.2) is 242 Å². The van der Waals surface area contributed by atoms with Crippen molar-refractivity contribution < 1.29 is 0 Å². The van der Waals surface area contributed by atoms with E-state index in [1.807, 2.05) is 0 Å². The molecule has 5 aliphatic rings. The fraction of sp³-hybridized carbons (Fsp3) is 0.231. The van der Waals surface area contributed by atoms with E-state index in [-0.39, 0.29) is 28.9 Å². The number of anilines is 6. The van der Waals surface area contributed by atoms with Gasteiger partial charge in [-0.3, -0.25) is 0 Å². The highest BCUT2D eigenvalue weighted by atomic mass is 35.5. The van der Waals surface area contributed by atoms with Crippen LogP contribution in [0.5, 0.6) is 0 Å². The van der Waals surface area contributed by atoms with Crippen molar-refractivity contribution in [2.24, 2.45) is 0 Å². The minimum Gasteiger partial charge on any atom is -0.313 e. The molecule has 3 heterocycles. The number of halogens is 1. The second kappa shape index (κ2) is 22.9. The van der Waals surface area contributed by atoms with E-state index in [1.165, 1.54) is 188 Å². The number of hydrogen-bond acceptors (Lipinski definition) is 2. The fourth-order valence-electron chi connectivity index (χ4n) is 17.2. The molecule has 0 amide bonds. The van der Waals surface area contributed by atoms with Crippen LogP contribution in [0.1, 0.15) is 151 Å². The number of para-hydroxylation sites is 1. The fourth-order valence-corrected chi connectivity index (χ4v) is 17.3. The molecule has 0 bridgehead atoms. The van der Waals surface area contributed by atoms with Gasteiger partial charge in [0.1, 0.15) is 0 Å². The molecule has 0 N–H and O–H groups in total. The predicted octanol–water partition coefficient (Wildman–Crippen LogP) is 23.3. The highest BCUT2D eigenvalue weighted by Gasteiger charge is 2.47. The average Bonchev–Trinajstić information content (AvgIpc) is 0.808. The summed E-state index contributed by atoms with van der Waals surface area (Å²) in [5.74, 6) is 0.0843. The molecule has 3 nitrogen and oxygen atoms in total. The maximum Gasteiger partial charge on any atom is 0.252 e. The summed E-state index contributed by atoms with van der Waals surface area (Å²) < 4.78 is 2.65. The van der Waals surface area contributed by atoms with Gasteiger partial charge in [0.25, 0.3) is 6.71 Å². The molecule has 2 aliphatic heterocycles. The Hall–Kier alpha value is -9.35. The van der Waals surface area contributed by atoms with Crippen molar-refractivity contribution in [1.29, 1.82) is 0 Å². The van der Waals surface area contributed by atoms with Gasteiger partial charge in [-0.25, -0.2) is 0 Å². The normalized spacial score (nSPS) is 15.7. The second-order valence-electron chi connectivity index (χ2n) is 31.0. The predicted molar refractivity (Wildman–Crippen MR) is 410 cm³/mol. The summed E-state index contributed by atoms with van der Waals surface area (Å²) in [6, 6.07) is 91.7. The van der Waals surface area contributed by atoms with Crippen molar-refractivity contribution in [3.8, 4) is 50.2 Å². The molecule has 1 aromatic heterocycles. The summed E-state index contributed by atoms with van der Waals surface area (Å²) in [6.45, 7) is 21.3. The van der Waals surface area contributed by atoms with E-state index in [1.54, 1.807) is 5.57 Å². The van der Waals surface area contributed by atoms with Gasteiger partial charge in [-0.15, -0.1) is 0 Å². The Balaban J connectivity index is 1.06. The Morgan fingerprint density at radius 2 is 0.885 bits per heavy atom. The van der Waals surface area contributed by atoms with Crippen LogP contribution in [0.4, 0.5) is 34.1 Å². The van der Waals surface area contributed by atoms with E-state index in [0.29, 0.717) is 0 Å². The van der Waals surface area contributed by atoms with Crippen LogP contribution >= 0.6 is 11.6 Å². The van der Waals surface area contributed by atoms with Crippen LogP contribution < -0.4 is 26.2 Å². The summed E-state index contributed by atoms with van der Waals surface area (Å²) in [5, 5.41) is 2.17. The molecule has 11 aromatic carbocycles. The van der Waals surface area contributed by atoms with Crippen molar-refractivity contribution in [3.63, 3.8) is 0 Å². The van der Waals surface area contributed by atoms with Gasteiger partial charge in [0, 0.05) is 72.7 Å². The molecule has 472 valence electrons. The van der Waals surface area contributed by atoms with Crippen LogP contribution in [-0.2, 0) is 29.1 Å². The summed E-state index contributed by atoms with van der Waals surface area (Å²) in [6.07, 6.45) is 9.12. The zero-order valence-corrected chi connectivity index (χ0v) is 57.8. The van der Waals surface area contributed by atoms with Crippen LogP contribution in [0.25, 0.3) is 66.7 Å². The first-order valence-corrected chi connectivity index (χ1v) is 35.6. The van der Waals surface area contributed by atoms with E-state index in [4.69, 9.17) is 11.6 Å². The molecule has 12 aromatic rings. The minimum atomic E-state index is -0.280. The molecule has 17 rings (SSSR count). The molecule has 1 atom stereocenters. The summed E-state index contributed by atoms with van der Waals surface area (Å²) in [5.41, 5.74) is 36.5. The Bertz CT molecular complexity index is 5010. The standard InChI is InChI=1S/C91H83BClN3/c1-89(2,3)62-49-72(57-28-14-10-15-29-57)87(73(50-62)58-30-16-11-17-31-58)95-81-47-42-61(85-71-39-23-22-36-67(71)68-45-43-65(93)55-76(68)85)48-78(81)92-77-46-44-66(94-79-40-26-24-37-69(79)70-38-25-27-41-80(70)94)56-82(77)96(84-54-64(91(7,8)9)53-83(95)86(84)92)88-74(59-32-18-12-19-33-59)51-63(90(4,5)6)52-75(88)60-34-20-13-21-35-60/h10-21,24,26,28-35,37,40,42-56,85H,22-23,25,27,36,38-39,41H2,1-9H3. The number of aromatic nitrogens is 1. The first-order chi connectivity index (χ1) is 46.5. The van der Waals surface area contributed by atoms with E-state index < -0.39 is 0 Å². The Morgan fingerprint density at radius 3 is 1.44 bits per heavy atom. The number of benzene rings is 11. The van der Waals surface area contributed by atoms with Crippen LogP contribution in [0, 0.1) is 0 Å². The minimum absolute atomic E-state index is 0.0843. The van der Waals surface area contributed by atoms with Crippen molar-refractivity contribution in [2.75, 3.05) is 9.80 Å². The molecule has 0 fully saturated rings. The number of fused-ring (bicyclic) bond motifs is 9. The van der Waals surface area contributed by atoms with Crippen molar-refractivity contribution in [3.05, 3.63) is 292 Å². The molecule has 0 saturated heterocycles. The van der Waals surface area contributed by atoms with Crippen LogP contribution in [-0.4, -0.2) is 11.3 Å². The highest BCUT2D eigenvalue weighted by molar-refractivity contribution is 7.00. The zero-order valence-electron chi connectivity index (χ0n) is 57.0. The van der Waals surface area contributed by atoms with Crippen molar-refractivity contribution >= 4 is 85.3 Å². The molecule has 3 aliphatic carbocycles. The molecule has 0 saturated carbocycles.